The summed E-state index contributed by atoms with van der Waals surface area (Å²) < 4.78 is 12.9. The number of nitro benzene ring substituents is 1. The maximum absolute atomic E-state index is 12.9. The molecule has 1 heterocycles. The first-order valence-electron chi connectivity index (χ1n) is 5.95. The summed E-state index contributed by atoms with van der Waals surface area (Å²) in [7, 11) is 0. The third kappa shape index (κ3) is 2.09. The first-order valence-corrected chi connectivity index (χ1v) is 5.95. The Bertz CT molecular complexity index is 801. The Morgan fingerprint density at radius 2 is 1.75 bits per heavy atom. The molecule has 3 aromatic rings. The molecule has 0 spiro atoms. The summed E-state index contributed by atoms with van der Waals surface area (Å²) in [5.74, 6) is -0.333. The van der Waals surface area contributed by atoms with Gasteiger partial charge in [0.1, 0.15) is 11.3 Å². The van der Waals surface area contributed by atoms with Gasteiger partial charge in [0.05, 0.1) is 10.6 Å². The van der Waals surface area contributed by atoms with Crippen LogP contribution < -0.4 is 0 Å². The predicted molar refractivity (Wildman–Crippen MR) is 73.8 cm³/mol. The van der Waals surface area contributed by atoms with E-state index >= 15 is 0 Å². The molecule has 0 aliphatic rings. The molecule has 0 N–H and O–H groups in total. The van der Waals surface area contributed by atoms with Gasteiger partial charge in [-0.05, 0) is 30.3 Å². The van der Waals surface area contributed by atoms with Crippen LogP contribution in [0.4, 0.5) is 10.1 Å². The molecule has 0 bridgehead atoms. The summed E-state index contributed by atoms with van der Waals surface area (Å²) in [6.45, 7) is 0. The van der Waals surface area contributed by atoms with E-state index in [4.69, 9.17) is 0 Å². The van der Waals surface area contributed by atoms with E-state index in [9.17, 15) is 14.5 Å². The van der Waals surface area contributed by atoms with E-state index < -0.39 is 4.92 Å². The van der Waals surface area contributed by atoms with E-state index in [2.05, 4.69) is 4.98 Å². The molecule has 5 heteroatoms. The fourth-order valence-corrected chi connectivity index (χ4v) is 2.06. The smallest absolute Gasteiger partial charge is 0.258 e. The highest BCUT2D eigenvalue weighted by Crippen LogP contribution is 2.27. The number of fused-ring (bicyclic) bond motifs is 1. The molecule has 0 fully saturated rings. The van der Waals surface area contributed by atoms with E-state index in [1.54, 1.807) is 36.4 Å². The van der Waals surface area contributed by atoms with Crippen LogP contribution >= 0.6 is 0 Å². The SMILES string of the molecule is O=[N+]([O-])c1cccc2ccc(-c3ccc(F)cc3)nc12. The molecule has 2 aromatic carbocycles. The number of hydrogen-bond donors (Lipinski definition) is 0. The van der Waals surface area contributed by atoms with Gasteiger partial charge in [-0.15, -0.1) is 0 Å². The summed E-state index contributed by atoms with van der Waals surface area (Å²) in [6, 6.07) is 14.2. The van der Waals surface area contributed by atoms with Crippen LogP contribution in [0.25, 0.3) is 22.2 Å². The summed E-state index contributed by atoms with van der Waals surface area (Å²) >= 11 is 0. The number of rotatable bonds is 2. The summed E-state index contributed by atoms with van der Waals surface area (Å²) in [6.07, 6.45) is 0. The van der Waals surface area contributed by atoms with Gasteiger partial charge in [0.15, 0.2) is 0 Å². The zero-order valence-electron chi connectivity index (χ0n) is 10.3. The van der Waals surface area contributed by atoms with Crippen LogP contribution in [0.15, 0.2) is 54.6 Å². The van der Waals surface area contributed by atoms with Gasteiger partial charge in [-0.3, -0.25) is 10.1 Å². The van der Waals surface area contributed by atoms with E-state index in [1.807, 2.05) is 0 Å². The van der Waals surface area contributed by atoms with Crippen LogP contribution in [0, 0.1) is 15.9 Å². The number of para-hydroxylation sites is 1. The second-order valence-corrected chi connectivity index (χ2v) is 4.31. The second kappa shape index (κ2) is 4.70. The van der Waals surface area contributed by atoms with Gasteiger partial charge in [0.2, 0.25) is 0 Å². The van der Waals surface area contributed by atoms with E-state index in [0.29, 0.717) is 22.2 Å². The Morgan fingerprint density at radius 3 is 2.45 bits per heavy atom. The van der Waals surface area contributed by atoms with Gasteiger partial charge in [-0.25, -0.2) is 9.37 Å². The van der Waals surface area contributed by atoms with Crippen LogP contribution in [-0.2, 0) is 0 Å². The molecule has 0 atom stereocenters. The van der Waals surface area contributed by atoms with Gasteiger partial charge < -0.3 is 0 Å². The van der Waals surface area contributed by atoms with Gasteiger partial charge in [0, 0.05) is 17.0 Å². The van der Waals surface area contributed by atoms with Crippen molar-refractivity contribution in [1.29, 1.82) is 0 Å². The zero-order valence-corrected chi connectivity index (χ0v) is 10.3. The Labute approximate surface area is 113 Å². The molecule has 3 rings (SSSR count). The van der Waals surface area contributed by atoms with Crippen molar-refractivity contribution >= 4 is 16.6 Å². The number of halogens is 1. The first kappa shape index (κ1) is 12.2. The standard InChI is InChI=1S/C15H9FN2O2/c16-12-7-4-10(5-8-12)13-9-6-11-2-1-3-14(18(19)20)15(11)17-13/h1-9H. The molecule has 4 nitrogen and oxygen atoms in total. The van der Waals surface area contributed by atoms with Crippen LogP contribution in [0.1, 0.15) is 0 Å². The minimum absolute atomic E-state index is 0.0357. The molecule has 0 aliphatic heterocycles. The Hall–Kier alpha value is -2.82. The molecule has 0 saturated heterocycles. The fourth-order valence-electron chi connectivity index (χ4n) is 2.06. The lowest BCUT2D eigenvalue weighted by Gasteiger charge is -2.04. The van der Waals surface area contributed by atoms with Crippen molar-refractivity contribution in [3.05, 3.63) is 70.5 Å². The third-order valence-electron chi connectivity index (χ3n) is 3.04. The highest BCUT2D eigenvalue weighted by Gasteiger charge is 2.13. The third-order valence-corrected chi connectivity index (χ3v) is 3.04. The Morgan fingerprint density at radius 1 is 1.00 bits per heavy atom. The van der Waals surface area contributed by atoms with Crippen molar-refractivity contribution in [2.75, 3.05) is 0 Å². The number of aromatic nitrogens is 1. The summed E-state index contributed by atoms with van der Waals surface area (Å²) in [5.41, 5.74) is 1.59. The average Bonchev–Trinajstić information content (AvgIpc) is 2.46. The normalized spacial score (nSPS) is 10.7. The fraction of sp³-hybridized carbons (Fsp3) is 0. The Balaban J connectivity index is 2.21. The quantitative estimate of drug-likeness (QED) is 0.522. The average molecular weight is 268 g/mol. The zero-order chi connectivity index (χ0) is 14.1. The number of benzene rings is 2. The number of non-ortho nitro benzene ring substituents is 1. The van der Waals surface area contributed by atoms with Crippen LogP contribution in [-0.4, -0.2) is 9.91 Å². The van der Waals surface area contributed by atoms with E-state index in [0.717, 1.165) is 0 Å². The molecule has 98 valence electrons. The number of nitrogens with zero attached hydrogens (tertiary/aromatic N) is 2. The minimum Gasteiger partial charge on any atom is -0.258 e. The lowest BCUT2D eigenvalue weighted by atomic mass is 10.1. The minimum atomic E-state index is -0.455. The second-order valence-electron chi connectivity index (χ2n) is 4.31. The van der Waals surface area contributed by atoms with Gasteiger partial charge in [-0.1, -0.05) is 18.2 Å². The van der Waals surface area contributed by atoms with Crippen LogP contribution in [0.3, 0.4) is 0 Å². The highest BCUT2D eigenvalue weighted by atomic mass is 19.1. The van der Waals surface area contributed by atoms with Gasteiger partial charge in [0.25, 0.3) is 5.69 Å². The lowest BCUT2D eigenvalue weighted by molar-refractivity contribution is -0.383. The van der Waals surface area contributed by atoms with Crippen molar-refractivity contribution in [2.45, 2.75) is 0 Å². The molecule has 20 heavy (non-hydrogen) atoms. The van der Waals surface area contributed by atoms with Crippen LogP contribution in [0.5, 0.6) is 0 Å². The van der Waals surface area contributed by atoms with E-state index in [1.165, 1.54) is 18.2 Å². The molecule has 0 saturated carbocycles. The summed E-state index contributed by atoms with van der Waals surface area (Å²) in [4.78, 5) is 14.9. The van der Waals surface area contributed by atoms with Gasteiger partial charge in [-0.2, -0.15) is 0 Å². The highest BCUT2D eigenvalue weighted by molar-refractivity contribution is 5.88. The van der Waals surface area contributed by atoms with Crippen molar-refractivity contribution in [1.82, 2.24) is 4.98 Å². The Kier molecular flexibility index (Phi) is 2.87. The van der Waals surface area contributed by atoms with Crippen molar-refractivity contribution in [3.8, 4) is 11.3 Å². The van der Waals surface area contributed by atoms with Crippen molar-refractivity contribution in [2.24, 2.45) is 0 Å². The number of nitro groups is 1. The monoisotopic (exact) mass is 268 g/mol. The maximum Gasteiger partial charge on any atom is 0.295 e. The molecular formula is C15H9FN2O2. The lowest BCUT2D eigenvalue weighted by Crippen LogP contribution is -1.93. The molecule has 0 unspecified atom stereocenters. The molecule has 0 aliphatic carbocycles. The molecular weight excluding hydrogens is 259 g/mol. The maximum atomic E-state index is 12.9. The van der Waals surface area contributed by atoms with Crippen molar-refractivity contribution in [3.63, 3.8) is 0 Å². The largest absolute Gasteiger partial charge is 0.295 e. The number of hydrogen-bond acceptors (Lipinski definition) is 3. The molecule has 1 aromatic heterocycles. The topological polar surface area (TPSA) is 56.0 Å². The van der Waals surface area contributed by atoms with E-state index in [-0.39, 0.29) is 11.5 Å². The molecule has 0 amide bonds. The van der Waals surface area contributed by atoms with Crippen molar-refractivity contribution < 1.29 is 9.31 Å². The molecule has 0 radical (unpaired) electrons. The van der Waals surface area contributed by atoms with Crippen LogP contribution in [0.2, 0.25) is 0 Å². The summed E-state index contributed by atoms with van der Waals surface area (Å²) in [5, 5.41) is 11.7. The first-order chi connectivity index (χ1) is 9.65. The predicted octanol–water partition coefficient (Wildman–Crippen LogP) is 3.95. The number of pyridine rings is 1. The van der Waals surface area contributed by atoms with Gasteiger partial charge >= 0.3 is 0 Å².